The van der Waals surface area contributed by atoms with Gasteiger partial charge in [-0.25, -0.2) is 12.8 Å². The lowest BCUT2D eigenvalue weighted by Crippen LogP contribution is -2.20. The third kappa shape index (κ3) is 6.09. The quantitative estimate of drug-likeness (QED) is 0.500. The first-order valence-corrected chi connectivity index (χ1v) is 13.5. The average molecular weight is 445 g/mol. The van der Waals surface area contributed by atoms with E-state index in [-0.39, 0.29) is 17.5 Å². The van der Waals surface area contributed by atoms with Crippen LogP contribution in [0.5, 0.6) is 5.75 Å². The number of benzene rings is 2. The zero-order valence-electron chi connectivity index (χ0n) is 18.5. The zero-order chi connectivity index (χ0) is 22.0. The number of ether oxygens (including phenoxy) is 1. The Kier molecular flexibility index (Phi) is 6.71. The summed E-state index contributed by atoms with van der Waals surface area (Å²) in [7, 11) is -3.02. The van der Waals surface area contributed by atoms with E-state index in [1.807, 2.05) is 43.3 Å². The van der Waals surface area contributed by atoms with Crippen molar-refractivity contribution < 1.29 is 17.5 Å². The summed E-state index contributed by atoms with van der Waals surface area (Å²) in [6.45, 7) is 2.67. The van der Waals surface area contributed by atoms with E-state index in [0.29, 0.717) is 24.4 Å². The minimum absolute atomic E-state index is 0.0678. The highest BCUT2D eigenvalue weighted by molar-refractivity contribution is 7.90. The minimum atomic E-state index is -3.02. The lowest BCUT2D eigenvalue weighted by Gasteiger charge is -2.29. The van der Waals surface area contributed by atoms with Gasteiger partial charge in [0.15, 0.2) is 0 Å². The Morgan fingerprint density at radius 3 is 2.45 bits per heavy atom. The van der Waals surface area contributed by atoms with Crippen LogP contribution in [0, 0.1) is 24.6 Å². The molecular formula is C26H33FO3S. The third-order valence-electron chi connectivity index (χ3n) is 6.88. The summed E-state index contributed by atoms with van der Waals surface area (Å²) in [6, 6.07) is 13.4. The largest absolute Gasteiger partial charge is 0.493 e. The standard InChI is InChI=1S/C26H33FO3S/c1-18-6-13-26(27)24(14-18)20-9-7-19(8-10-20)16-30-23-5-3-4-22(15-23)25(21-11-12-21)17-31(2,28)29/h3-6,13-15,19-21,25H,7-12,16-17H2,1-2H3. The van der Waals surface area contributed by atoms with E-state index in [9.17, 15) is 12.8 Å². The van der Waals surface area contributed by atoms with Gasteiger partial charge in [-0.15, -0.1) is 0 Å². The molecule has 0 bridgehead atoms. The smallest absolute Gasteiger partial charge is 0.148 e. The Morgan fingerprint density at radius 2 is 1.77 bits per heavy atom. The summed E-state index contributed by atoms with van der Waals surface area (Å²) in [5.74, 6) is 2.27. The summed E-state index contributed by atoms with van der Waals surface area (Å²) < 4.78 is 44.1. The van der Waals surface area contributed by atoms with Crippen LogP contribution in [0.15, 0.2) is 42.5 Å². The summed E-state index contributed by atoms with van der Waals surface area (Å²) in [5, 5.41) is 0. The predicted molar refractivity (Wildman–Crippen MR) is 123 cm³/mol. The molecule has 0 N–H and O–H groups in total. The van der Waals surface area contributed by atoms with Crippen LogP contribution in [0.2, 0.25) is 0 Å². The second kappa shape index (κ2) is 9.32. The molecule has 168 valence electrons. The fourth-order valence-corrected chi connectivity index (χ4v) is 6.11. The van der Waals surface area contributed by atoms with E-state index in [1.54, 1.807) is 6.07 Å². The van der Waals surface area contributed by atoms with Crippen LogP contribution in [0.1, 0.15) is 67.1 Å². The lowest BCUT2D eigenvalue weighted by molar-refractivity contribution is 0.199. The molecule has 1 unspecified atom stereocenters. The van der Waals surface area contributed by atoms with Crippen LogP contribution in [-0.4, -0.2) is 27.0 Å². The molecular weight excluding hydrogens is 411 g/mol. The fraction of sp³-hybridized carbons (Fsp3) is 0.538. The van der Waals surface area contributed by atoms with E-state index in [1.165, 1.54) is 6.26 Å². The monoisotopic (exact) mass is 444 g/mol. The molecule has 2 aromatic carbocycles. The summed E-state index contributed by atoms with van der Waals surface area (Å²) in [5.41, 5.74) is 3.05. The van der Waals surface area contributed by atoms with Crippen molar-refractivity contribution in [1.29, 1.82) is 0 Å². The summed E-state index contributed by atoms with van der Waals surface area (Å²) in [4.78, 5) is 0. The zero-order valence-corrected chi connectivity index (χ0v) is 19.3. The molecule has 2 aliphatic rings. The first-order valence-electron chi connectivity index (χ1n) is 11.4. The molecule has 2 aliphatic carbocycles. The Labute approximate surface area is 185 Å². The highest BCUT2D eigenvalue weighted by Gasteiger charge is 2.34. The van der Waals surface area contributed by atoms with Crippen molar-refractivity contribution in [3.63, 3.8) is 0 Å². The first-order chi connectivity index (χ1) is 14.8. The molecule has 5 heteroatoms. The Balaban J connectivity index is 1.33. The van der Waals surface area contributed by atoms with Crippen molar-refractivity contribution in [2.45, 2.75) is 57.3 Å². The van der Waals surface area contributed by atoms with Gasteiger partial charge in [0.1, 0.15) is 21.4 Å². The van der Waals surface area contributed by atoms with Gasteiger partial charge in [-0.3, -0.25) is 0 Å². The van der Waals surface area contributed by atoms with Crippen molar-refractivity contribution in [1.82, 2.24) is 0 Å². The number of rotatable bonds is 8. The molecule has 0 aromatic heterocycles. The van der Waals surface area contributed by atoms with E-state index in [0.717, 1.165) is 61.0 Å². The van der Waals surface area contributed by atoms with Gasteiger partial charge in [0.25, 0.3) is 0 Å². The van der Waals surface area contributed by atoms with Gasteiger partial charge in [-0.2, -0.15) is 0 Å². The summed E-state index contributed by atoms with van der Waals surface area (Å²) in [6.07, 6.45) is 7.60. The van der Waals surface area contributed by atoms with Crippen molar-refractivity contribution in [3.8, 4) is 5.75 Å². The molecule has 4 rings (SSSR count). The Bertz CT molecular complexity index is 1010. The summed E-state index contributed by atoms with van der Waals surface area (Å²) >= 11 is 0. The predicted octanol–water partition coefficient (Wildman–Crippen LogP) is 6.03. The third-order valence-corrected chi connectivity index (χ3v) is 7.85. The van der Waals surface area contributed by atoms with Crippen LogP contribution < -0.4 is 4.74 Å². The van der Waals surface area contributed by atoms with Gasteiger partial charge in [-0.05, 0) is 92.5 Å². The molecule has 0 heterocycles. The molecule has 0 amide bonds. The van der Waals surface area contributed by atoms with Crippen molar-refractivity contribution in [2.24, 2.45) is 11.8 Å². The highest BCUT2D eigenvalue weighted by atomic mass is 32.2. The van der Waals surface area contributed by atoms with Crippen LogP contribution in [0.3, 0.4) is 0 Å². The van der Waals surface area contributed by atoms with Crippen molar-refractivity contribution in [3.05, 3.63) is 65.0 Å². The van der Waals surface area contributed by atoms with Gasteiger partial charge in [0.2, 0.25) is 0 Å². The van der Waals surface area contributed by atoms with E-state index in [2.05, 4.69) is 0 Å². The second-order valence-corrected chi connectivity index (χ2v) is 11.8. The lowest BCUT2D eigenvalue weighted by atomic mass is 9.78. The van der Waals surface area contributed by atoms with Gasteiger partial charge in [0, 0.05) is 12.2 Å². The van der Waals surface area contributed by atoms with Crippen LogP contribution in [0.4, 0.5) is 4.39 Å². The highest BCUT2D eigenvalue weighted by Crippen LogP contribution is 2.44. The number of hydrogen-bond donors (Lipinski definition) is 0. The number of halogens is 1. The Hall–Kier alpha value is -1.88. The van der Waals surface area contributed by atoms with E-state index >= 15 is 0 Å². The van der Waals surface area contributed by atoms with Crippen molar-refractivity contribution >= 4 is 9.84 Å². The average Bonchev–Trinajstić information content (AvgIpc) is 3.58. The molecule has 0 saturated heterocycles. The van der Waals surface area contributed by atoms with Crippen LogP contribution in [0.25, 0.3) is 0 Å². The molecule has 31 heavy (non-hydrogen) atoms. The topological polar surface area (TPSA) is 43.4 Å². The van der Waals surface area contributed by atoms with Gasteiger partial charge < -0.3 is 4.74 Å². The molecule has 2 saturated carbocycles. The van der Waals surface area contributed by atoms with Gasteiger partial charge in [-0.1, -0.05) is 29.8 Å². The molecule has 0 aliphatic heterocycles. The maximum atomic E-state index is 14.2. The van der Waals surface area contributed by atoms with Crippen molar-refractivity contribution in [2.75, 3.05) is 18.6 Å². The molecule has 3 nitrogen and oxygen atoms in total. The fourth-order valence-electron chi connectivity index (χ4n) is 4.99. The van der Waals surface area contributed by atoms with E-state index in [4.69, 9.17) is 4.74 Å². The molecule has 0 radical (unpaired) electrons. The van der Waals surface area contributed by atoms with Gasteiger partial charge in [0.05, 0.1) is 12.4 Å². The molecule has 2 fully saturated rings. The number of hydrogen-bond acceptors (Lipinski definition) is 3. The SMILES string of the molecule is Cc1ccc(F)c(C2CCC(COc3cccc(C(CS(C)(=O)=O)C4CC4)c3)CC2)c1. The first kappa shape index (κ1) is 22.3. The maximum Gasteiger partial charge on any atom is 0.148 e. The van der Waals surface area contributed by atoms with Crippen LogP contribution in [-0.2, 0) is 9.84 Å². The normalized spacial score (nSPS) is 22.8. The molecule has 1 atom stereocenters. The number of sulfone groups is 1. The Morgan fingerprint density at radius 1 is 1.03 bits per heavy atom. The second-order valence-electron chi connectivity index (χ2n) is 9.66. The number of aryl methyl sites for hydroxylation is 1. The minimum Gasteiger partial charge on any atom is -0.493 e. The molecule has 0 spiro atoms. The maximum absolute atomic E-state index is 14.2. The van der Waals surface area contributed by atoms with Crippen LogP contribution >= 0.6 is 0 Å². The molecule has 2 aromatic rings. The van der Waals surface area contributed by atoms with E-state index < -0.39 is 9.84 Å². The van der Waals surface area contributed by atoms with Gasteiger partial charge >= 0.3 is 0 Å².